The molecule has 6 rings (SSSR count). The van der Waals surface area contributed by atoms with Gasteiger partial charge in [-0.2, -0.15) is 8.61 Å². The molecule has 0 amide bonds. The average Bonchev–Trinajstić information content (AvgIpc) is 3.07. The smallest absolute Gasteiger partial charge is 0.243 e. The van der Waals surface area contributed by atoms with Gasteiger partial charge >= 0.3 is 0 Å². The van der Waals surface area contributed by atoms with Crippen LogP contribution in [0.3, 0.4) is 0 Å². The van der Waals surface area contributed by atoms with E-state index in [4.69, 9.17) is 18.9 Å². The van der Waals surface area contributed by atoms with Gasteiger partial charge in [0.25, 0.3) is 0 Å². The Hall–Kier alpha value is -3.52. The van der Waals surface area contributed by atoms with E-state index < -0.39 is 32.3 Å². The Morgan fingerprint density at radius 1 is 0.568 bits per heavy atom. The van der Waals surface area contributed by atoms with E-state index in [0.29, 0.717) is 22.3 Å². The van der Waals surface area contributed by atoms with Crippen molar-refractivity contribution in [3.8, 4) is 11.5 Å². The molecule has 0 saturated carbocycles. The zero-order chi connectivity index (χ0) is 30.6. The van der Waals surface area contributed by atoms with Crippen molar-refractivity contribution in [2.75, 3.05) is 52.6 Å². The van der Waals surface area contributed by atoms with Crippen LogP contribution in [0.1, 0.15) is 0 Å². The quantitative estimate of drug-likeness (QED) is 0.258. The fourth-order valence-electron chi connectivity index (χ4n) is 5.41. The number of sulfonamides is 2. The Labute approximate surface area is 257 Å². The Kier molecular flexibility index (Phi) is 9.17. The molecule has 44 heavy (non-hydrogen) atoms. The second-order valence-electron chi connectivity index (χ2n) is 10.6. The first kappa shape index (κ1) is 30.5. The number of nitrogens with zero attached hydrogens (tertiary/aromatic N) is 2. The van der Waals surface area contributed by atoms with Gasteiger partial charge in [-0.15, -0.1) is 0 Å². The molecule has 0 spiro atoms. The fraction of sp³-hybridized carbons (Fsp3) is 0.312. The van der Waals surface area contributed by atoms with Gasteiger partial charge in [0.2, 0.25) is 20.0 Å². The van der Waals surface area contributed by atoms with Crippen molar-refractivity contribution < 1.29 is 35.8 Å². The summed E-state index contributed by atoms with van der Waals surface area (Å²) in [5, 5.41) is 0.684. The molecule has 0 bridgehead atoms. The van der Waals surface area contributed by atoms with Crippen LogP contribution in [0.5, 0.6) is 11.5 Å². The molecule has 0 aliphatic carbocycles. The van der Waals surface area contributed by atoms with Crippen LogP contribution >= 0.6 is 0 Å². The lowest BCUT2D eigenvalue weighted by Crippen LogP contribution is -2.47. The summed E-state index contributed by atoms with van der Waals surface area (Å²) in [5.74, 6) is 1.35. The maximum Gasteiger partial charge on any atom is 0.243 e. The molecular formula is C32H34N2O8S2. The van der Waals surface area contributed by atoms with Crippen LogP contribution in [-0.2, 0) is 29.5 Å². The number of morpholine rings is 2. The van der Waals surface area contributed by atoms with Crippen LogP contribution in [0.4, 0.5) is 0 Å². The number of rotatable bonds is 10. The summed E-state index contributed by atoms with van der Waals surface area (Å²) < 4.78 is 81.8. The van der Waals surface area contributed by atoms with Crippen LogP contribution in [0.25, 0.3) is 10.8 Å². The average molecular weight is 639 g/mol. The number of para-hydroxylation sites is 2. The number of benzene rings is 4. The molecule has 2 atom stereocenters. The van der Waals surface area contributed by atoms with E-state index in [-0.39, 0.29) is 62.4 Å². The zero-order valence-electron chi connectivity index (χ0n) is 24.0. The van der Waals surface area contributed by atoms with Crippen LogP contribution in [-0.4, -0.2) is 90.3 Å². The summed E-state index contributed by atoms with van der Waals surface area (Å²) in [4.78, 5) is 0.0978. The molecular weight excluding hydrogens is 604 g/mol. The van der Waals surface area contributed by atoms with Crippen LogP contribution in [0, 0.1) is 0 Å². The molecule has 0 N–H and O–H groups in total. The molecule has 2 aliphatic rings. The Morgan fingerprint density at radius 3 is 1.39 bits per heavy atom. The van der Waals surface area contributed by atoms with E-state index in [0.717, 1.165) is 0 Å². The molecule has 12 heteroatoms. The predicted octanol–water partition coefficient (Wildman–Crippen LogP) is 3.78. The predicted molar refractivity (Wildman–Crippen MR) is 165 cm³/mol. The van der Waals surface area contributed by atoms with E-state index in [9.17, 15) is 16.8 Å². The highest BCUT2D eigenvalue weighted by atomic mass is 32.2. The van der Waals surface area contributed by atoms with Crippen molar-refractivity contribution in [2.24, 2.45) is 0 Å². The monoisotopic (exact) mass is 638 g/mol. The summed E-state index contributed by atoms with van der Waals surface area (Å²) in [6.45, 7) is 1.43. The van der Waals surface area contributed by atoms with Gasteiger partial charge in [-0.3, -0.25) is 0 Å². The third-order valence-electron chi connectivity index (χ3n) is 7.64. The third kappa shape index (κ3) is 6.60. The fourth-order valence-corrected chi connectivity index (χ4v) is 8.74. The van der Waals surface area contributed by atoms with Gasteiger partial charge in [0.1, 0.15) is 36.9 Å². The van der Waals surface area contributed by atoms with E-state index >= 15 is 0 Å². The minimum atomic E-state index is -3.98. The molecule has 2 heterocycles. The second kappa shape index (κ2) is 13.2. The lowest BCUT2D eigenvalue weighted by atomic mass is 10.1. The maximum absolute atomic E-state index is 14.0. The van der Waals surface area contributed by atoms with Gasteiger partial charge in [-0.05, 0) is 36.4 Å². The lowest BCUT2D eigenvalue weighted by molar-refractivity contribution is -0.0249. The molecule has 4 aromatic rings. The summed E-state index contributed by atoms with van der Waals surface area (Å²) in [6.07, 6.45) is -0.908. The highest BCUT2D eigenvalue weighted by Gasteiger charge is 2.35. The Balaban J connectivity index is 1.21. The van der Waals surface area contributed by atoms with Gasteiger partial charge in [-0.1, -0.05) is 60.7 Å². The topological polar surface area (TPSA) is 112 Å². The molecule has 2 fully saturated rings. The van der Waals surface area contributed by atoms with E-state index in [1.807, 2.05) is 60.7 Å². The molecule has 10 nitrogen and oxygen atoms in total. The number of fused-ring (bicyclic) bond motifs is 1. The normalized spacial score (nSPS) is 20.4. The Bertz CT molecular complexity index is 1650. The summed E-state index contributed by atoms with van der Waals surface area (Å²) in [6, 6.07) is 28.0. The van der Waals surface area contributed by atoms with Crippen molar-refractivity contribution in [2.45, 2.75) is 22.0 Å². The minimum Gasteiger partial charge on any atom is -0.491 e. The molecule has 0 unspecified atom stereocenters. The van der Waals surface area contributed by atoms with Gasteiger partial charge in [0.15, 0.2) is 0 Å². The highest BCUT2D eigenvalue weighted by molar-refractivity contribution is 7.89. The Morgan fingerprint density at radius 2 is 0.977 bits per heavy atom. The summed E-state index contributed by atoms with van der Waals surface area (Å²) >= 11 is 0. The van der Waals surface area contributed by atoms with Gasteiger partial charge in [-0.25, -0.2) is 16.8 Å². The minimum absolute atomic E-state index is 0.0489. The van der Waals surface area contributed by atoms with Crippen LogP contribution in [0.2, 0.25) is 0 Å². The number of hydrogen-bond acceptors (Lipinski definition) is 8. The molecule has 4 aromatic carbocycles. The van der Waals surface area contributed by atoms with E-state index in [2.05, 4.69) is 0 Å². The molecule has 232 valence electrons. The van der Waals surface area contributed by atoms with Crippen molar-refractivity contribution in [3.63, 3.8) is 0 Å². The van der Waals surface area contributed by atoms with Crippen LogP contribution in [0.15, 0.2) is 107 Å². The summed E-state index contributed by atoms with van der Waals surface area (Å²) in [5.41, 5.74) is 0. The molecule has 0 radical (unpaired) electrons. The second-order valence-corrected chi connectivity index (χ2v) is 14.4. The zero-order valence-corrected chi connectivity index (χ0v) is 25.7. The molecule has 2 saturated heterocycles. The first-order valence-electron chi connectivity index (χ1n) is 14.4. The third-order valence-corrected chi connectivity index (χ3v) is 11.5. The van der Waals surface area contributed by atoms with Gasteiger partial charge in [0.05, 0.1) is 23.0 Å². The van der Waals surface area contributed by atoms with Gasteiger partial charge in [0, 0.05) is 37.0 Å². The standard InChI is InChI=1S/C32H34N2O8S2/c35-43(36,33-17-19-39-27(21-33)23-41-25-9-3-1-4-10-25)31-15-7-14-30-29(31)13-8-16-32(30)44(37,38)34-18-20-40-28(22-34)24-42-26-11-5-2-6-12-26/h1-16,27-28H,17-24H2/t27-,28-/m0/s1. The van der Waals surface area contributed by atoms with Gasteiger partial charge < -0.3 is 18.9 Å². The van der Waals surface area contributed by atoms with Crippen molar-refractivity contribution in [1.82, 2.24) is 8.61 Å². The van der Waals surface area contributed by atoms with Crippen LogP contribution < -0.4 is 9.47 Å². The molecule has 2 aliphatic heterocycles. The number of hydrogen-bond donors (Lipinski definition) is 0. The summed E-state index contributed by atoms with van der Waals surface area (Å²) in [7, 11) is -7.96. The van der Waals surface area contributed by atoms with E-state index in [1.54, 1.807) is 24.3 Å². The first-order chi connectivity index (χ1) is 21.3. The van der Waals surface area contributed by atoms with Crippen molar-refractivity contribution >= 4 is 30.8 Å². The largest absolute Gasteiger partial charge is 0.491 e. The lowest BCUT2D eigenvalue weighted by Gasteiger charge is -2.33. The highest BCUT2D eigenvalue weighted by Crippen LogP contribution is 2.32. The first-order valence-corrected chi connectivity index (χ1v) is 17.3. The number of ether oxygens (including phenoxy) is 4. The van der Waals surface area contributed by atoms with E-state index in [1.165, 1.54) is 20.7 Å². The maximum atomic E-state index is 14.0. The van der Waals surface area contributed by atoms with Crippen molar-refractivity contribution in [1.29, 1.82) is 0 Å². The van der Waals surface area contributed by atoms with Crippen molar-refractivity contribution in [3.05, 3.63) is 97.1 Å². The SMILES string of the molecule is O=S(=O)(c1cccc2c(S(=O)(=O)N3CCO[C@H](COc4ccccc4)C3)cccc12)N1CCO[C@H](COc2ccccc2)C1. The molecule has 0 aromatic heterocycles.